The minimum absolute atomic E-state index is 0.0221. The maximum Gasteiger partial charge on any atom is 0.387 e. The van der Waals surface area contributed by atoms with E-state index < -0.39 is 18.1 Å². The van der Waals surface area contributed by atoms with Crippen LogP contribution in [0.25, 0.3) is 0 Å². The molecule has 0 saturated heterocycles. The number of ether oxygens (including phenoxy) is 3. The topological polar surface area (TPSA) is 82.8 Å². The molecule has 0 unspecified atom stereocenters. The zero-order valence-corrected chi connectivity index (χ0v) is 14.3. The lowest BCUT2D eigenvalue weighted by Gasteiger charge is -2.31. The average molecular weight is 346 g/mol. The monoisotopic (exact) mass is 346 g/mol. The predicted octanol–water partition coefficient (Wildman–Crippen LogP) is 2.55. The summed E-state index contributed by atoms with van der Waals surface area (Å²) in [5, 5.41) is 2.89. The SMILES string of the molecule is CCC(CC)(CN)NC(=O)c1cc(OC)c(OC(F)F)c(OC)c1. The molecule has 3 N–H and O–H groups in total. The first-order valence-electron chi connectivity index (χ1n) is 7.59. The zero-order valence-electron chi connectivity index (χ0n) is 14.3. The second-order valence-electron chi connectivity index (χ2n) is 5.23. The van der Waals surface area contributed by atoms with Crippen LogP contribution < -0.4 is 25.3 Å². The molecule has 0 radical (unpaired) electrons. The molecule has 0 atom stereocenters. The Hall–Kier alpha value is -2.09. The Labute approximate surface area is 140 Å². The van der Waals surface area contributed by atoms with Gasteiger partial charge in [-0.2, -0.15) is 8.78 Å². The quantitative estimate of drug-likeness (QED) is 0.718. The molecule has 0 aliphatic rings. The van der Waals surface area contributed by atoms with Gasteiger partial charge in [-0.05, 0) is 25.0 Å². The Bertz CT molecular complexity index is 530. The summed E-state index contributed by atoms with van der Waals surface area (Å²) >= 11 is 0. The van der Waals surface area contributed by atoms with Crippen LogP contribution >= 0.6 is 0 Å². The van der Waals surface area contributed by atoms with Crippen molar-refractivity contribution in [2.45, 2.75) is 38.8 Å². The van der Waals surface area contributed by atoms with Gasteiger partial charge in [0.1, 0.15) is 0 Å². The fourth-order valence-electron chi connectivity index (χ4n) is 2.30. The van der Waals surface area contributed by atoms with E-state index in [9.17, 15) is 13.6 Å². The number of carbonyl (C=O) groups excluding carboxylic acids is 1. The number of nitrogens with two attached hydrogens (primary N) is 1. The molecule has 8 heteroatoms. The van der Waals surface area contributed by atoms with Crippen molar-refractivity contribution in [3.05, 3.63) is 17.7 Å². The lowest BCUT2D eigenvalue weighted by molar-refractivity contribution is -0.0526. The van der Waals surface area contributed by atoms with Crippen molar-refractivity contribution >= 4 is 5.91 Å². The van der Waals surface area contributed by atoms with Crippen LogP contribution in [0.4, 0.5) is 8.78 Å². The van der Waals surface area contributed by atoms with Gasteiger partial charge >= 0.3 is 6.61 Å². The Balaban J connectivity index is 3.22. The van der Waals surface area contributed by atoms with E-state index in [0.29, 0.717) is 12.8 Å². The normalized spacial score (nSPS) is 11.3. The Morgan fingerprint density at radius 3 is 2.04 bits per heavy atom. The predicted molar refractivity (Wildman–Crippen MR) is 86.0 cm³/mol. The van der Waals surface area contributed by atoms with Crippen LogP contribution in [0.3, 0.4) is 0 Å². The Morgan fingerprint density at radius 1 is 1.21 bits per heavy atom. The van der Waals surface area contributed by atoms with Gasteiger partial charge in [0, 0.05) is 12.1 Å². The zero-order chi connectivity index (χ0) is 18.3. The smallest absolute Gasteiger partial charge is 0.387 e. The number of nitrogens with one attached hydrogen (secondary N) is 1. The molecule has 0 heterocycles. The Morgan fingerprint density at radius 2 is 1.71 bits per heavy atom. The molecule has 6 nitrogen and oxygen atoms in total. The van der Waals surface area contributed by atoms with E-state index in [-0.39, 0.29) is 29.4 Å². The average Bonchev–Trinajstić information content (AvgIpc) is 2.59. The van der Waals surface area contributed by atoms with Crippen LogP contribution in [0.15, 0.2) is 12.1 Å². The molecule has 1 rings (SSSR count). The van der Waals surface area contributed by atoms with E-state index in [4.69, 9.17) is 15.2 Å². The first kappa shape index (κ1) is 20.0. The second-order valence-corrected chi connectivity index (χ2v) is 5.23. The van der Waals surface area contributed by atoms with Crippen molar-refractivity contribution in [3.8, 4) is 17.2 Å². The van der Waals surface area contributed by atoms with Gasteiger partial charge < -0.3 is 25.3 Å². The number of halogens is 2. The molecular formula is C16H24F2N2O4. The lowest BCUT2D eigenvalue weighted by Crippen LogP contribution is -2.52. The highest BCUT2D eigenvalue weighted by atomic mass is 19.3. The van der Waals surface area contributed by atoms with Gasteiger partial charge in [0.25, 0.3) is 5.91 Å². The minimum Gasteiger partial charge on any atom is -0.493 e. The van der Waals surface area contributed by atoms with Crippen molar-refractivity contribution in [2.75, 3.05) is 20.8 Å². The third-order valence-electron chi connectivity index (χ3n) is 4.05. The summed E-state index contributed by atoms with van der Waals surface area (Å²) in [6.45, 7) is 1.10. The third kappa shape index (κ3) is 4.47. The fourth-order valence-corrected chi connectivity index (χ4v) is 2.30. The van der Waals surface area contributed by atoms with E-state index >= 15 is 0 Å². The van der Waals surface area contributed by atoms with Gasteiger partial charge in [-0.15, -0.1) is 0 Å². The highest BCUT2D eigenvalue weighted by Crippen LogP contribution is 2.39. The summed E-state index contributed by atoms with van der Waals surface area (Å²) in [6.07, 6.45) is 1.32. The molecule has 24 heavy (non-hydrogen) atoms. The van der Waals surface area contributed by atoms with Crippen molar-refractivity contribution < 1.29 is 27.8 Å². The number of rotatable bonds is 9. The van der Waals surface area contributed by atoms with Crippen molar-refractivity contribution in [3.63, 3.8) is 0 Å². The highest BCUT2D eigenvalue weighted by Gasteiger charge is 2.28. The van der Waals surface area contributed by atoms with Crippen LogP contribution in [-0.4, -0.2) is 38.8 Å². The van der Waals surface area contributed by atoms with E-state index in [1.165, 1.54) is 26.4 Å². The number of carbonyl (C=O) groups is 1. The van der Waals surface area contributed by atoms with Crippen LogP contribution in [0, 0.1) is 0 Å². The van der Waals surface area contributed by atoms with E-state index in [2.05, 4.69) is 10.1 Å². The van der Waals surface area contributed by atoms with Gasteiger partial charge in [0.15, 0.2) is 11.5 Å². The van der Waals surface area contributed by atoms with Crippen LogP contribution in [0.2, 0.25) is 0 Å². The summed E-state index contributed by atoms with van der Waals surface area (Å²) in [5.41, 5.74) is 5.45. The maximum atomic E-state index is 12.5. The fraction of sp³-hybridized carbons (Fsp3) is 0.562. The summed E-state index contributed by atoms with van der Waals surface area (Å²) in [5.74, 6) is -0.704. The summed E-state index contributed by atoms with van der Waals surface area (Å²) in [7, 11) is 2.58. The molecule has 0 aliphatic carbocycles. The molecular weight excluding hydrogens is 322 g/mol. The van der Waals surface area contributed by atoms with E-state index in [0.717, 1.165) is 0 Å². The van der Waals surface area contributed by atoms with E-state index in [1.54, 1.807) is 0 Å². The highest BCUT2D eigenvalue weighted by molar-refractivity contribution is 5.96. The molecule has 0 spiro atoms. The number of hydrogen-bond donors (Lipinski definition) is 2. The summed E-state index contributed by atoms with van der Waals surface area (Å²) in [4.78, 5) is 12.5. The van der Waals surface area contributed by atoms with Crippen LogP contribution in [0.1, 0.15) is 37.0 Å². The first-order chi connectivity index (χ1) is 11.4. The van der Waals surface area contributed by atoms with Gasteiger partial charge in [-0.25, -0.2) is 0 Å². The second kappa shape index (κ2) is 8.68. The van der Waals surface area contributed by atoms with Crippen molar-refractivity contribution in [1.82, 2.24) is 5.32 Å². The summed E-state index contributed by atoms with van der Waals surface area (Å²) < 4.78 is 39.6. The Kier molecular flexibility index (Phi) is 7.21. The lowest BCUT2D eigenvalue weighted by atomic mass is 9.92. The molecule has 1 aromatic carbocycles. The molecule has 0 bridgehead atoms. The van der Waals surface area contributed by atoms with Crippen LogP contribution in [-0.2, 0) is 0 Å². The third-order valence-corrected chi connectivity index (χ3v) is 4.05. The minimum atomic E-state index is -3.04. The number of alkyl halides is 2. The number of amides is 1. The van der Waals surface area contributed by atoms with E-state index in [1.807, 2.05) is 13.8 Å². The molecule has 0 saturated carbocycles. The largest absolute Gasteiger partial charge is 0.493 e. The van der Waals surface area contributed by atoms with Crippen molar-refractivity contribution in [1.29, 1.82) is 0 Å². The van der Waals surface area contributed by atoms with Gasteiger partial charge in [0.05, 0.1) is 19.8 Å². The molecule has 1 aromatic rings. The molecule has 0 aliphatic heterocycles. The molecule has 0 aromatic heterocycles. The molecule has 1 amide bonds. The van der Waals surface area contributed by atoms with Crippen molar-refractivity contribution in [2.24, 2.45) is 5.73 Å². The molecule has 0 fully saturated rings. The van der Waals surface area contributed by atoms with Gasteiger partial charge in [-0.1, -0.05) is 13.8 Å². The van der Waals surface area contributed by atoms with Gasteiger partial charge in [0.2, 0.25) is 5.75 Å². The maximum absolute atomic E-state index is 12.5. The van der Waals surface area contributed by atoms with Gasteiger partial charge in [-0.3, -0.25) is 4.79 Å². The summed E-state index contributed by atoms with van der Waals surface area (Å²) in [6, 6.07) is 2.64. The molecule has 136 valence electrons. The van der Waals surface area contributed by atoms with Crippen LogP contribution in [0.5, 0.6) is 17.2 Å². The number of methoxy groups -OCH3 is 2. The first-order valence-corrected chi connectivity index (χ1v) is 7.59. The number of hydrogen-bond acceptors (Lipinski definition) is 5. The standard InChI is InChI=1S/C16H24F2N2O4/c1-5-16(6-2,9-19)20-14(21)10-7-11(22-3)13(24-15(17)18)12(8-10)23-4/h7-8,15H,5-6,9,19H2,1-4H3,(H,20,21). The number of benzene rings is 1.